The van der Waals surface area contributed by atoms with Crippen LogP contribution in [0, 0.1) is 0 Å². The maximum absolute atomic E-state index is 5.34. The molecule has 0 radical (unpaired) electrons. The van der Waals surface area contributed by atoms with Crippen molar-refractivity contribution in [3.05, 3.63) is 96.8 Å². The standard InChI is InChI=1S/C25H22N6O/c1-31-16-15-27-25(31)22(17-7-9-19(32-2)10-8-17)29-24-20-5-3-4-6-21(20)28-23(30-24)18-11-13-26-14-12-18/h3-16,22H,1-2H3,(H,28,29,30). The molecule has 1 N–H and O–H groups in total. The van der Waals surface area contributed by atoms with Crippen molar-refractivity contribution in [2.24, 2.45) is 7.05 Å². The number of fused-ring (bicyclic) bond motifs is 1. The summed E-state index contributed by atoms with van der Waals surface area (Å²) in [6.45, 7) is 0. The maximum atomic E-state index is 5.34. The normalized spacial score (nSPS) is 11.9. The van der Waals surface area contributed by atoms with Gasteiger partial charge in [-0.3, -0.25) is 4.98 Å². The zero-order valence-corrected chi connectivity index (χ0v) is 17.8. The van der Waals surface area contributed by atoms with Crippen LogP contribution in [0.4, 0.5) is 5.82 Å². The van der Waals surface area contributed by atoms with Crippen molar-refractivity contribution in [3.8, 4) is 17.1 Å². The highest BCUT2D eigenvalue weighted by atomic mass is 16.5. The third kappa shape index (κ3) is 3.76. The van der Waals surface area contributed by atoms with Crippen LogP contribution >= 0.6 is 0 Å². The van der Waals surface area contributed by atoms with Gasteiger partial charge in [-0.1, -0.05) is 24.3 Å². The summed E-state index contributed by atoms with van der Waals surface area (Å²) in [5, 5.41) is 4.58. The molecule has 7 heteroatoms. The molecule has 7 nitrogen and oxygen atoms in total. The zero-order valence-electron chi connectivity index (χ0n) is 17.8. The number of para-hydroxylation sites is 1. The second-order valence-electron chi connectivity index (χ2n) is 7.40. The van der Waals surface area contributed by atoms with E-state index in [4.69, 9.17) is 14.7 Å². The van der Waals surface area contributed by atoms with Crippen LogP contribution in [-0.2, 0) is 7.05 Å². The first-order chi connectivity index (χ1) is 15.7. The van der Waals surface area contributed by atoms with Crippen LogP contribution in [0.1, 0.15) is 17.4 Å². The summed E-state index contributed by atoms with van der Waals surface area (Å²) >= 11 is 0. The Balaban J connectivity index is 1.64. The molecule has 1 atom stereocenters. The lowest BCUT2D eigenvalue weighted by atomic mass is 10.1. The molecule has 5 rings (SSSR count). The molecule has 1 unspecified atom stereocenters. The highest BCUT2D eigenvalue weighted by molar-refractivity contribution is 5.90. The third-order valence-electron chi connectivity index (χ3n) is 5.39. The number of nitrogens with one attached hydrogen (secondary N) is 1. The minimum Gasteiger partial charge on any atom is -0.497 e. The summed E-state index contributed by atoms with van der Waals surface area (Å²) in [5.41, 5.74) is 2.82. The van der Waals surface area contributed by atoms with Crippen molar-refractivity contribution in [1.29, 1.82) is 0 Å². The van der Waals surface area contributed by atoms with Crippen molar-refractivity contribution in [3.63, 3.8) is 0 Å². The number of benzene rings is 2. The summed E-state index contributed by atoms with van der Waals surface area (Å²) in [5.74, 6) is 3.07. The SMILES string of the molecule is COc1ccc(C(Nc2nc(-c3ccncc3)nc3ccccc23)c2nccn2C)cc1. The van der Waals surface area contributed by atoms with Crippen LogP contribution in [0.15, 0.2) is 85.5 Å². The Morgan fingerprint density at radius 3 is 2.41 bits per heavy atom. The van der Waals surface area contributed by atoms with Crippen LogP contribution in [-0.4, -0.2) is 31.6 Å². The number of hydrogen-bond donors (Lipinski definition) is 1. The molecule has 0 aliphatic heterocycles. The fraction of sp³-hybridized carbons (Fsp3) is 0.120. The van der Waals surface area contributed by atoms with Crippen LogP contribution in [0.25, 0.3) is 22.3 Å². The number of anilines is 1. The van der Waals surface area contributed by atoms with Crippen molar-refractivity contribution in [2.75, 3.05) is 12.4 Å². The Labute approximate surface area is 185 Å². The van der Waals surface area contributed by atoms with E-state index in [1.165, 1.54) is 0 Å². The van der Waals surface area contributed by atoms with E-state index in [2.05, 4.69) is 15.3 Å². The summed E-state index contributed by atoms with van der Waals surface area (Å²) in [6, 6.07) is 19.6. The number of hydrogen-bond acceptors (Lipinski definition) is 6. The number of aryl methyl sites for hydroxylation is 1. The van der Waals surface area contributed by atoms with E-state index in [1.54, 1.807) is 25.7 Å². The molecule has 0 fully saturated rings. The van der Waals surface area contributed by atoms with Gasteiger partial charge in [0.25, 0.3) is 0 Å². The van der Waals surface area contributed by atoms with E-state index in [1.807, 2.05) is 78.5 Å². The predicted octanol–water partition coefficient (Wildman–Crippen LogP) is 4.64. The molecule has 158 valence electrons. The van der Waals surface area contributed by atoms with E-state index in [0.717, 1.165) is 39.4 Å². The molecule has 3 aromatic heterocycles. The lowest BCUT2D eigenvalue weighted by Gasteiger charge is -2.21. The van der Waals surface area contributed by atoms with Gasteiger partial charge >= 0.3 is 0 Å². The monoisotopic (exact) mass is 422 g/mol. The summed E-state index contributed by atoms with van der Waals surface area (Å²) in [7, 11) is 3.65. The molecule has 0 bridgehead atoms. The number of methoxy groups -OCH3 is 1. The molecule has 0 saturated carbocycles. The highest BCUT2D eigenvalue weighted by Gasteiger charge is 2.21. The van der Waals surface area contributed by atoms with Gasteiger partial charge in [0.15, 0.2) is 5.82 Å². The van der Waals surface area contributed by atoms with Crippen molar-refractivity contribution in [2.45, 2.75) is 6.04 Å². The average molecular weight is 422 g/mol. The minimum atomic E-state index is -0.218. The highest BCUT2D eigenvalue weighted by Crippen LogP contribution is 2.31. The molecule has 0 spiro atoms. The molecule has 2 aromatic carbocycles. The van der Waals surface area contributed by atoms with E-state index >= 15 is 0 Å². The molecule has 0 amide bonds. The molecular weight excluding hydrogens is 400 g/mol. The second kappa shape index (κ2) is 8.47. The smallest absolute Gasteiger partial charge is 0.162 e. The fourth-order valence-corrected chi connectivity index (χ4v) is 3.70. The first kappa shape index (κ1) is 19.7. The molecule has 0 aliphatic rings. The van der Waals surface area contributed by atoms with Crippen LogP contribution in [0.5, 0.6) is 5.75 Å². The average Bonchev–Trinajstić information content (AvgIpc) is 3.28. The minimum absolute atomic E-state index is 0.218. The van der Waals surface area contributed by atoms with Gasteiger partial charge in [-0.05, 0) is 42.0 Å². The van der Waals surface area contributed by atoms with E-state index in [-0.39, 0.29) is 6.04 Å². The van der Waals surface area contributed by atoms with Gasteiger partial charge < -0.3 is 14.6 Å². The van der Waals surface area contributed by atoms with E-state index in [0.29, 0.717) is 5.82 Å². The summed E-state index contributed by atoms with van der Waals surface area (Å²) in [6.07, 6.45) is 7.23. The first-order valence-electron chi connectivity index (χ1n) is 10.3. The second-order valence-corrected chi connectivity index (χ2v) is 7.40. The van der Waals surface area contributed by atoms with E-state index in [9.17, 15) is 0 Å². The van der Waals surface area contributed by atoms with Crippen LogP contribution < -0.4 is 10.1 Å². The van der Waals surface area contributed by atoms with Gasteiger partial charge in [-0.2, -0.15) is 0 Å². The van der Waals surface area contributed by atoms with Gasteiger partial charge in [0.05, 0.1) is 12.6 Å². The molecule has 32 heavy (non-hydrogen) atoms. The predicted molar refractivity (Wildman–Crippen MR) is 124 cm³/mol. The molecule has 0 saturated heterocycles. The van der Waals surface area contributed by atoms with Crippen LogP contribution in [0.3, 0.4) is 0 Å². The van der Waals surface area contributed by atoms with Crippen molar-refractivity contribution in [1.82, 2.24) is 24.5 Å². The Kier molecular flexibility index (Phi) is 5.21. The lowest BCUT2D eigenvalue weighted by molar-refractivity contribution is 0.414. The van der Waals surface area contributed by atoms with Gasteiger partial charge in [-0.15, -0.1) is 0 Å². The largest absolute Gasteiger partial charge is 0.497 e. The van der Waals surface area contributed by atoms with Crippen molar-refractivity contribution >= 4 is 16.7 Å². The van der Waals surface area contributed by atoms with Gasteiger partial charge in [0.1, 0.15) is 23.4 Å². The number of imidazole rings is 1. The number of ether oxygens (including phenoxy) is 1. The number of pyridine rings is 1. The fourth-order valence-electron chi connectivity index (χ4n) is 3.70. The Bertz CT molecular complexity index is 1350. The Hall–Kier alpha value is -4.26. The number of rotatable bonds is 6. The molecule has 5 aromatic rings. The Morgan fingerprint density at radius 1 is 0.906 bits per heavy atom. The van der Waals surface area contributed by atoms with Gasteiger partial charge in [-0.25, -0.2) is 15.0 Å². The Morgan fingerprint density at radius 2 is 1.69 bits per heavy atom. The molecule has 0 aliphatic carbocycles. The summed E-state index contributed by atoms with van der Waals surface area (Å²) < 4.78 is 7.35. The molecule has 3 heterocycles. The lowest BCUT2D eigenvalue weighted by Crippen LogP contribution is -2.18. The zero-order chi connectivity index (χ0) is 21.9. The van der Waals surface area contributed by atoms with Gasteiger partial charge in [0, 0.05) is 42.8 Å². The molecular formula is C25H22N6O. The van der Waals surface area contributed by atoms with Crippen molar-refractivity contribution < 1.29 is 4.74 Å². The third-order valence-corrected chi connectivity index (χ3v) is 5.39. The summed E-state index contributed by atoms with van der Waals surface area (Å²) in [4.78, 5) is 18.4. The number of aromatic nitrogens is 5. The maximum Gasteiger partial charge on any atom is 0.162 e. The quantitative estimate of drug-likeness (QED) is 0.430. The topological polar surface area (TPSA) is 77.8 Å². The number of nitrogens with zero attached hydrogens (tertiary/aromatic N) is 5. The first-order valence-corrected chi connectivity index (χ1v) is 10.3. The van der Waals surface area contributed by atoms with Crippen LogP contribution in [0.2, 0.25) is 0 Å². The van der Waals surface area contributed by atoms with Gasteiger partial charge in [0.2, 0.25) is 0 Å². The van der Waals surface area contributed by atoms with E-state index < -0.39 is 0 Å².